The molecular formula is C19H25N3O4. The lowest BCUT2D eigenvalue weighted by atomic mass is 10.1. The molecule has 0 aliphatic carbocycles. The number of nitrogens with two attached hydrogens (primary N) is 1. The number of aliphatic imine (C=N–C) groups is 1. The summed E-state index contributed by atoms with van der Waals surface area (Å²) < 4.78 is 21.3. The Morgan fingerprint density at radius 1 is 0.885 bits per heavy atom. The summed E-state index contributed by atoms with van der Waals surface area (Å²) in [5, 5.41) is 3.04. The van der Waals surface area contributed by atoms with E-state index < -0.39 is 0 Å². The topological polar surface area (TPSA) is 87.3 Å². The van der Waals surface area contributed by atoms with Crippen LogP contribution in [-0.4, -0.2) is 40.9 Å². The number of hydrogen-bond donors (Lipinski definition) is 2. The maximum atomic E-state index is 5.95. The molecule has 0 bridgehead atoms. The molecule has 0 heterocycles. The fraction of sp³-hybridized carbons (Fsp3) is 0.316. The fourth-order valence-corrected chi connectivity index (χ4v) is 2.47. The van der Waals surface area contributed by atoms with Crippen LogP contribution in [0.2, 0.25) is 0 Å². The van der Waals surface area contributed by atoms with Crippen molar-refractivity contribution in [1.29, 1.82) is 0 Å². The number of nitrogens with one attached hydrogen (secondary N) is 1. The second-order valence-corrected chi connectivity index (χ2v) is 5.38. The van der Waals surface area contributed by atoms with Crippen LogP contribution in [0.15, 0.2) is 41.4 Å². The molecule has 140 valence electrons. The molecule has 0 atom stereocenters. The van der Waals surface area contributed by atoms with E-state index in [1.165, 1.54) is 0 Å². The highest BCUT2D eigenvalue weighted by Gasteiger charge is 2.12. The number of guanidine groups is 1. The Balaban J connectivity index is 2.04. The highest BCUT2D eigenvalue weighted by atomic mass is 16.5. The van der Waals surface area contributed by atoms with Gasteiger partial charge in [0, 0.05) is 29.9 Å². The highest BCUT2D eigenvalue weighted by Crippen LogP contribution is 2.34. The van der Waals surface area contributed by atoms with Crippen molar-refractivity contribution in [2.24, 2.45) is 10.7 Å². The first-order chi connectivity index (χ1) is 12.6. The number of hydrogen-bond acceptors (Lipinski definition) is 5. The van der Waals surface area contributed by atoms with E-state index in [4.69, 9.17) is 24.7 Å². The van der Waals surface area contributed by atoms with Crippen molar-refractivity contribution in [3.63, 3.8) is 0 Å². The summed E-state index contributed by atoms with van der Waals surface area (Å²) in [7, 11) is 6.45. The molecule has 2 aromatic carbocycles. The van der Waals surface area contributed by atoms with Gasteiger partial charge in [-0.3, -0.25) is 4.99 Å². The number of anilines is 1. The van der Waals surface area contributed by atoms with Gasteiger partial charge in [0.15, 0.2) is 5.96 Å². The van der Waals surface area contributed by atoms with Gasteiger partial charge >= 0.3 is 0 Å². The Kier molecular flexibility index (Phi) is 6.96. The molecule has 0 amide bonds. The van der Waals surface area contributed by atoms with Gasteiger partial charge in [0.25, 0.3) is 0 Å². The van der Waals surface area contributed by atoms with Gasteiger partial charge in [-0.1, -0.05) is 0 Å². The quantitative estimate of drug-likeness (QED) is 0.557. The Morgan fingerprint density at radius 3 is 1.96 bits per heavy atom. The van der Waals surface area contributed by atoms with Crippen LogP contribution in [-0.2, 0) is 6.42 Å². The lowest BCUT2D eigenvalue weighted by Gasteiger charge is -2.14. The van der Waals surface area contributed by atoms with E-state index in [1.54, 1.807) is 28.4 Å². The van der Waals surface area contributed by atoms with Crippen molar-refractivity contribution in [1.82, 2.24) is 0 Å². The monoisotopic (exact) mass is 359 g/mol. The molecule has 26 heavy (non-hydrogen) atoms. The zero-order valence-corrected chi connectivity index (χ0v) is 15.5. The summed E-state index contributed by atoms with van der Waals surface area (Å²) in [5.74, 6) is 3.18. The molecular weight excluding hydrogens is 334 g/mol. The third-order valence-electron chi connectivity index (χ3n) is 3.82. The zero-order chi connectivity index (χ0) is 18.9. The van der Waals surface area contributed by atoms with Crippen LogP contribution in [0.25, 0.3) is 0 Å². The largest absolute Gasteiger partial charge is 0.497 e. The van der Waals surface area contributed by atoms with Crippen LogP contribution < -0.4 is 30.0 Å². The minimum Gasteiger partial charge on any atom is -0.497 e. The summed E-state index contributed by atoms with van der Waals surface area (Å²) in [5.41, 5.74) is 7.71. The number of methoxy groups -OCH3 is 4. The van der Waals surface area contributed by atoms with E-state index in [9.17, 15) is 0 Å². The molecule has 2 rings (SSSR count). The molecule has 0 aliphatic heterocycles. The minimum atomic E-state index is 0.335. The molecule has 0 saturated heterocycles. The van der Waals surface area contributed by atoms with E-state index in [-0.39, 0.29) is 0 Å². The molecule has 3 N–H and O–H groups in total. The third-order valence-corrected chi connectivity index (χ3v) is 3.82. The second kappa shape index (κ2) is 9.41. The first kappa shape index (κ1) is 19.2. The summed E-state index contributed by atoms with van der Waals surface area (Å²) in [6.07, 6.45) is 0.612. The van der Waals surface area contributed by atoms with Crippen molar-refractivity contribution in [2.45, 2.75) is 6.42 Å². The van der Waals surface area contributed by atoms with E-state index in [1.807, 2.05) is 36.4 Å². The molecule has 0 unspecified atom stereocenters. The van der Waals surface area contributed by atoms with Gasteiger partial charge < -0.3 is 30.0 Å². The number of benzene rings is 2. The Labute approximate surface area is 153 Å². The molecule has 0 radical (unpaired) electrons. The van der Waals surface area contributed by atoms with E-state index in [0.29, 0.717) is 36.2 Å². The first-order valence-corrected chi connectivity index (χ1v) is 8.11. The predicted octanol–water partition coefficient (Wildman–Crippen LogP) is 2.69. The van der Waals surface area contributed by atoms with Crippen molar-refractivity contribution < 1.29 is 18.9 Å². The van der Waals surface area contributed by atoms with Crippen molar-refractivity contribution in [3.05, 3.63) is 42.0 Å². The van der Waals surface area contributed by atoms with Crippen LogP contribution in [0.3, 0.4) is 0 Å². The maximum Gasteiger partial charge on any atom is 0.193 e. The van der Waals surface area contributed by atoms with Crippen LogP contribution >= 0.6 is 0 Å². The third kappa shape index (κ3) is 4.95. The van der Waals surface area contributed by atoms with E-state index in [2.05, 4.69) is 10.3 Å². The van der Waals surface area contributed by atoms with E-state index in [0.717, 1.165) is 17.0 Å². The Bertz CT molecular complexity index is 720. The average molecular weight is 359 g/mol. The average Bonchev–Trinajstić information content (AvgIpc) is 2.68. The van der Waals surface area contributed by atoms with Gasteiger partial charge in [-0.05, 0) is 30.7 Å². The molecule has 7 heteroatoms. The summed E-state index contributed by atoms with van der Waals surface area (Å²) >= 11 is 0. The second-order valence-electron chi connectivity index (χ2n) is 5.38. The SMILES string of the molecule is COc1ccc(NC(N)=NCCc2c(OC)cc(OC)cc2OC)cc1. The van der Waals surface area contributed by atoms with Gasteiger partial charge in [0.2, 0.25) is 0 Å². The normalized spacial score (nSPS) is 11.0. The molecule has 7 nitrogen and oxygen atoms in total. The van der Waals surface area contributed by atoms with Crippen molar-refractivity contribution in [3.8, 4) is 23.0 Å². The molecule has 0 fully saturated rings. The van der Waals surface area contributed by atoms with Crippen LogP contribution in [0.5, 0.6) is 23.0 Å². The summed E-state index contributed by atoms with van der Waals surface area (Å²) in [6, 6.07) is 11.1. The number of rotatable bonds is 8. The van der Waals surface area contributed by atoms with Crippen LogP contribution in [0, 0.1) is 0 Å². The maximum absolute atomic E-state index is 5.95. The Morgan fingerprint density at radius 2 is 1.46 bits per heavy atom. The molecule has 2 aromatic rings. The minimum absolute atomic E-state index is 0.335. The molecule has 0 aliphatic rings. The Hall–Kier alpha value is -3.09. The standard InChI is InChI=1S/C19H25N3O4/c1-23-14-7-5-13(6-8-14)22-19(20)21-10-9-16-17(25-3)11-15(24-2)12-18(16)26-4/h5-8,11-12H,9-10H2,1-4H3,(H3,20,21,22). The lowest BCUT2D eigenvalue weighted by Crippen LogP contribution is -2.23. The summed E-state index contributed by atoms with van der Waals surface area (Å²) in [6.45, 7) is 0.480. The van der Waals surface area contributed by atoms with Crippen LogP contribution in [0.4, 0.5) is 5.69 Å². The molecule has 0 aromatic heterocycles. The van der Waals surface area contributed by atoms with Gasteiger partial charge in [-0.15, -0.1) is 0 Å². The highest BCUT2D eigenvalue weighted by molar-refractivity contribution is 5.92. The number of nitrogens with zero attached hydrogens (tertiary/aromatic N) is 1. The fourth-order valence-electron chi connectivity index (χ4n) is 2.47. The van der Waals surface area contributed by atoms with Crippen LogP contribution in [0.1, 0.15) is 5.56 Å². The van der Waals surface area contributed by atoms with Gasteiger partial charge in [0.1, 0.15) is 23.0 Å². The van der Waals surface area contributed by atoms with Gasteiger partial charge in [-0.25, -0.2) is 0 Å². The summed E-state index contributed by atoms with van der Waals surface area (Å²) in [4.78, 5) is 4.36. The van der Waals surface area contributed by atoms with Crippen molar-refractivity contribution >= 4 is 11.6 Å². The first-order valence-electron chi connectivity index (χ1n) is 8.11. The van der Waals surface area contributed by atoms with Crippen molar-refractivity contribution in [2.75, 3.05) is 40.3 Å². The lowest BCUT2D eigenvalue weighted by molar-refractivity contribution is 0.369. The smallest absolute Gasteiger partial charge is 0.193 e. The van der Waals surface area contributed by atoms with Gasteiger partial charge in [-0.2, -0.15) is 0 Å². The molecule has 0 saturated carbocycles. The van der Waals surface area contributed by atoms with E-state index >= 15 is 0 Å². The zero-order valence-electron chi connectivity index (χ0n) is 15.5. The predicted molar refractivity (Wildman–Crippen MR) is 103 cm³/mol. The molecule has 0 spiro atoms. The number of ether oxygens (including phenoxy) is 4. The van der Waals surface area contributed by atoms with Gasteiger partial charge in [0.05, 0.1) is 28.4 Å².